The molecular weight excluding hydrogens is 306 g/mol. The first-order valence-electron chi connectivity index (χ1n) is 7.50. The number of rotatable bonds is 5. The molecule has 1 aromatic heterocycles. The Hall–Kier alpha value is -1.51. The summed E-state index contributed by atoms with van der Waals surface area (Å²) < 4.78 is 26.1. The van der Waals surface area contributed by atoms with E-state index in [4.69, 9.17) is 0 Å². The predicted octanol–water partition coefficient (Wildman–Crippen LogP) is 1.01. The smallest absolute Gasteiger partial charge is 0.274 e. The first kappa shape index (κ1) is 16.9. The van der Waals surface area contributed by atoms with Gasteiger partial charge in [0.2, 0.25) is 5.91 Å². The van der Waals surface area contributed by atoms with Gasteiger partial charge in [0, 0.05) is 6.42 Å². The normalized spacial score (nSPS) is 17.4. The summed E-state index contributed by atoms with van der Waals surface area (Å²) in [4.78, 5) is 13.2. The van der Waals surface area contributed by atoms with Crippen LogP contribution in [0.3, 0.4) is 0 Å². The fraction of sp³-hybridized carbons (Fsp3) is 0.846. The molecule has 1 aliphatic rings. The minimum absolute atomic E-state index is 0.164. The second kappa shape index (κ2) is 6.31. The van der Waals surface area contributed by atoms with E-state index in [1.165, 1.54) is 26.3 Å². The third-order valence-corrected chi connectivity index (χ3v) is 5.45. The minimum atomic E-state index is -4.05. The molecule has 0 aromatic carbocycles. The van der Waals surface area contributed by atoms with Gasteiger partial charge in [-0.05, 0) is 29.4 Å². The molecule has 0 unspecified atom stereocenters. The number of nitrogens with one attached hydrogen (secondary N) is 1. The molecule has 0 radical (unpaired) electrons. The summed E-state index contributed by atoms with van der Waals surface area (Å²) in [6.07, 6.45) is 5.95. The van der Waals surface area contributed by atoms with Gasteiger partial charge in [-0.25, -0.2) is 4.72 Å². The molecule has 1 saturated carbocycles. The van der Waals surface area contributed by atoms with Crippen molar-refractivity contribution in [3.8, 4) is 0 Å². The number of nitrogens with zero attached hydrogens (tertiary/aromatic N) is 4. The van der Waals surface area contributed by atoms with Crippen LogP contribution in [0.15, 0.2) is 5.16 Å². The van der Waals surface area contributed by atoms with Gasteiger partial charge in [-0.1, -0.05) is 38.2 Å². The topological polar surface area (TPSA) is 107 Å². The summed E-state index contributed by atoms with van der Waals surface area (Å²) in [7, 11) is -2.59. The molecule has 0 atom stereocenters. The number of carbonyl (C=O) groups is 1. The fourth-order valence-electron chi connectivity index (χ4n) is 3.05. The second-order valence-electron chi connectivity index (χ2n) is 6.59. The molecule has 0 saturated heterocycles. The molecule has 0 aliphatic heterocycles. The monoisotopic (exact) mass is 329 g/mol. The first-order valence-corrected chi connectivity index (χ1v) is 8.99. The van der Waals surface area contributed by atoms with Gasteiger partial charge in [0.05, 0.1) is 7.05 Å². The Morgan fingerprint density at radius 2 is 1.95 bits per heavy atom. The van der Waals surface area contributed by atoms with Crippen LogP contribution < -0.4 is 4.72 Å². The maximum atomic E-state index is 12.1. The quantitative estimate of drug-likeness (QED) is 0.864. The average Bonchev–Trinajstić information content (AvgIpc) is 2.86. The van der Waals surface area contributed by atoms with E-state index in [1.807, 2.05) is 18.6 Å². The van der Waals surface area contributed by atoms with Crippen molar-refractivity contribution < 1.29 is 13.2 Å². The van der Waals surface area contributed by atoms with Crippen LogP contribution in [0.5, 0.6) is 0 Å². The molecule has 1 aromatic rings. The van der Waals surface area contributed by atoms with Crippen molar-refractivity contribution in [3.05, 3.63) is 0 Å². The summed E-state index contributed by atoms with van der Waals surface area (Å²) in [5.74, 6) is -0.0765. The van der Waals surface area contributed by atoms with E-state index >= 15 is 0 Å². The van der Waals surface area contributed by atoms with Gasteiger partial charge in [0.25, 0.3) is 0 Å². The number of amides is 1. The Balaban J connectivity index is 2.00. The van der Waals surface area contributed by atoms with E-state index in [-0.39, 0.29) is 11.8 Å². The number of hydrogen-bond acceptors (Lipinski definition) is 6. The molecule has 1 heterocycles. The van der Waals surface area contributed by atoms with Crippen molar-refractivity contribution in [1.29, 1.82) is 0 Å². The molecular formula is C13H23N5O3S. The molecule has 1 amide bonds. The largest absolute Gasteiger partial charge is 0.308 e. The Bertz CT molecular complexity index is 632. The van der Waals surface area contributed by atoms with Crippen molar-refractivity contribution >= 4 is 15.9 Å². The van der Waals surface area contributed by atoms with Crippen molar-refractivity contribution in [3.63, 3.8) is 0 Å². The van der Waals surface area contributed by atoms with E-state index in [1.54, 1.807) is 0 Å². The lowest BCUT2D eigenvalue weighted by Gasteiger charge is -2.36. The van der Waals surface area contributed by atoms with Gasteiger partial charge in [-0.2, -0.15) is 13.2 Å². The van der Waals surface area contributed by atoms with Crippen LogP contribution in [-0.2, 0) is 21.9 Å². The van der Waals surface area contributed by atoms with Crippen molar-refractivity contribution in [1.82, 2.24) is 24.9 Å². The molecule has 124 valence electrons. The Labute approximate surface area is 130 Å². The lowest BCUT2D eigenvalue weighted by atomic mass is 9.69. The lowest BCUT2D eigenvalue weighted by Crippen LogP contribution is -2.37. The second-order valence-corrected chi connectivity index (χ2v) is 8.17. The number of sulfonamides is 1. The van der Waals surface area contributed by atoms with Gasteiger partial charge in [-0.15, -0.1) is 5.10 Å². The molecule has 1 N–H and O–H groups in total. The zero-order valence-corrected chi connectivity index (χ0v) is 14.1. The van der Waals surface area contributed by atoms with Crippen LogP contribution in [0.4, 0.5) is 0 Å². The SMILES string of the molecule is Cn1nnc(S(=O)(=O)NC(=O)CC(C)(C)C2CCCCC2)n1. The van der Waals surface area contributed by atoms with Gasteiger partial charge < -0.3 is 0 Å². The standard InChI is InChI=1S/C13H23N5O3S/c1-13(2,10-7-5-4-6-8-10)9-11(19)16-22(20,21)12-14-17-18(3)15-12/h10H,4-9H2,1-3H3,(H,16,19). The maximum Gasteiger partial charge on any atom is 0.308 e. The minimum Gasteiger partial charge on any atom is -0.274 e. The van der Waals surface area contributed by atoms with Gasteiger partial charge in [0.15, 0.2) is 0 Å². The van der Waals surface area contributed by atoms with E-state index < -0.39 is 21.1 Å². The summed E-state index contributed by atoms with van der Waals surface area (Å²) in [6.45, 7) is 4.05. The van der Waals surface area contributed by atoms with E-state index in [0.717, 1.165) is 17.6 Å². The number of hydrogen-bond donors (Lipinski definition) is 1. The summed E-state index contributed by atoms with van der Waals surface area (Å²) in [5, 5.41) is 10.0. The highest BCUT2D eigenvalue weighted by molar-refractivity contribution is 7.89. The third-order valence-electron chi connectivity index (χ3n) is 4.31. The molecule has 22 heavy (non-hydrogen) atoms. The van der Waals surface area contributed by atoms with Gasteiger partial charge >= 0.3 is 15.2 Å². The Kier molecular flexibility index (Phi) is 4.84. The maximum absolute atomic E-state index is 12.1. The molecule has 0 bridgehead atoms. The van der Waals surface area contributed by atoms with Crippen LogP contribution in [0.1, 0.15) is 52.4 Å². The predicted molar refractivity (Wildman–Crippen MR) is 79.1 cm³/mol. The molecule has 9 heteroatoms. The van der Waals surface area contributed by atoms with Gasteiger partial charge in [0.1, 0.15) is 0 Å². The summed E-state index contributed by atoms with van der Waals surface area (Å²) in [5.41, 5.74) is -0.226. The zero-order chi connectivity index (χ0) is 16.4. The number of tetrazole rings is 1. The molecule has 1 fully saturated rings. The Morgan fingerprint density at radius 1 is 1.32 bits per heavy atom. The number of carbonyl (C=O) groups excluding carboxylic acids is 1. The average molecular weight is 329 g/mol. The first-order chi connectivity index (χ1) is 10.2. The molecule has 0 spiro atoms. The highest BCUT2D eigenvalue weighted by Gasteiger charge is 2.34. The van der Waals surface area contributed by atoms with Crippen molar-refractivity contribution in [2.24, 2.45) is 18.4 Å². The van der Waals surface area contributed by atoms with E-state index in [0.29, 0.717) is 5.92 Å². The zero-order valence-electron chi connectivity index (χ0n) is 13.2. The van der Waals surface area contributed by atoms with Crippen molar-refractivity contribution in [2.75, 3.05) is 0 Å². The van der Waals surface area contributed by atoms with Crippen LogP contribution in [-0.4, -0.2) is 34.5 Å². The molecule has 8 nitrogen and oxygen atoms in total. The summed E-state index contributed by atoms with van der Waals surface area (Å²) >= 11 is 0. The summed E-state index contributed by atoms with van der Waals surface area (Å²) in [6, 6.07) is 0. The third kappa shape index (κ3) is 4.02. The number of aryl methyl sites for hydroxylation is 1. The van der Waals surface area contributed by atoms with Gasteiger partial charge in [-0.3, -0.25) is 4.79 Å². The highest BCUT2D eigenvalue weighted by atomic mass is 32.2. The Morgan fingerprint density at radius 3 is 2.50 bits per heavy atom. The van der Waals surface area contributed by atoms with Crippen molar-refractivity contribution in [2.45, 2.75) is 57.5 Å². The van der Waals surface area contributed by atoms with E-state index in [9.17, 15) is 13.2 Å². The van der Waals surface area contributed by atoms with Crippen LogP contribution in [0.2, 0.25) is 0 Å². The van der Waals surface area contributed by atoms with Crippen LogP contribution in [0, 0.1) is 11.3 Å². The molecule has 1 aliphatic carbocycles. The molecule has 2 rings (SSSR count). The van der Waals surface area contributed by atoms with E-state index in [2.05, 4.69) is 15.4 Å². The lowest BCUT2D eigenvalue weighted by molar-refractivity contribution is -0.122. The van der Waals surface area contributed by atoms with Crippen LogP contribution >= 0.6 is 0 Å². The highest BCUT2D eigenvalue weighted by Crippen LogP contribution is 2.40. The fourth-order valence-corrected chi connectivity index (χ4v) is 3.88. The number of aromatic nitrogens is 4. The van der Waals surface area contributed by atoms with Crippen LogP contribution in [0.25, 0.3) is 0 Å².